The maximum Gasteiger partial charge on any atom is 1.00 e. The van der Waals surface area contributed by atoms with Crippen molar-refractivity contribution in [2.45, 2.75) is 16.7 Å². The Kier molecular flexibility index (Phi) is 6.85. The molecule has 3 aromatic rings. The van der Waals surface area contributed by atoms with E-state index in [0.29, 0.717) is 17.4 Å². The van der Waals surface area contributed by atoms with E-state index in [1.807, 2.05) is 0 Å². The second kappa shape index (κ2) is 8.48. The first kappa shape index (κ1) is 23.4. The minimum Gasteiger partial charge on any atom is -0.744 e. The number of nitrogen functional groups attached to an aromatic ring is 1. The number of nitrogens with zero attached hydrogens (tertiary/aromatic N) is 2. The minimum absolute atomic E-state index is 0. The van der Waals surface area contributed by atoms with Gasteiger partial charge in [-0.15, -0.1) is 0 Å². The average Bonchev–Trinajstić information content (AvgIpc) is 2.58. The molecule has 0 saturated heterocycles. The molecule has 0 fully saturated rings. The van der Waals surface area contributed by atoms with E-state index in [0.717, 1.165) is 11.6 Å². The first-order chi connectivity index (χ1) is 12.9. The molecule has 0 heterocycles. The van der Waals surface area contributed by atoms with Crippen LogP contribution in [-0.2, 0) is 20.2 Å². The van der Waals surface area contributed by atoms with E-state index in [-0.39, 0.29) is 46.0 Å². The van der Waals surface area contributed by atoms with Gasteiger partial charge in [-0.25, -0.2) is 8.42 Å². The van der Waals surface area contributed by atoms with Crippen LogP contribution in [0.1, 0.15) is 5.56 Å². The van der Waals surface area contributed by atoms with Crippen molar-refractivity contribution < 1.29 is 55.5 Å². The van der Waals surface area contributed by atoms with Crippen LogP contribution in [0.4, 0.5) is 17.1 Å². The summed E-state index contributed by atoms with van der Waals surface area (Å²) >= 11 is 0. The Morgan fingerprint density at radius 3 is 2.24 bits per heavy atom. The molecular weight excluding hydrogens is 429 g/mol. The Hall–Kier alpha value is -1.86. The van der Waals surface area contributed by atoms with Crippen molar-refractivity contribution in [3.8, 4) is 0 Å². The Bertz CT molecular complexity index is 1340. The van der Waals surface area contributed by atoms with Crippen molar-refractivity contribution >= 4 is 48.1 Å². The Morgan fingerprint density at radius 2 is 1.66 bits per heavy atom. The van der Waals surface area contributed by atoms with Gasteiger partial charge in [0.1, 0.15) is 10.1 Å². The zero-order chi connectivity index (χ0) is 20.7. The number of rotatable bonds is 4. The molecule has 0 aromatic heterocycles. The van der Waals surface area contributed by atoms with Crippen molar-refractivity contribution in [1.82, 2.24) is 0 Å². The first-order valence-electron chi connectivity index (χ1n) is 7.74. The zero-order valence-electron chi connectivity index (χ0n) is 15.4. The van der Waals surface area contributed by atoms with Crippen LogP contribution >= 0.6 is 0 Å². The number of anilines is 1. The third-order valence-electron chi connectivity index (χ3n) is 3.93. The smallest absolute Gasteiger partial charge is 0.744 e. The number of hydrogen-bond donors (Lipinski definition) is 2. The van der Waals surface area contributed by atoms with Gasteiger partial charge in [-0.1, -0.05) is 6.07 Å². The fraction of sp³-hybridized carbons (Fsp3) is 0.0588. The SMILES string of the molecule is Cc1cc(N)ccc1N=Nc1ccc2cc(S(=O)(=O)O)cc(S(=O)(=O)[O-])c2c1.[Na+]. The molecule has 3 N–H and O–H groups in total. The fourth-order valence-electron chi connectivity index (χ4n) is 2.61. The average molecular weight is 443 g/mol. The van der Waals surface area contributed by atoms with Crippen molar-refractivity contribution in [1.29, 1.82) is 0 Å². The van der Waals surface area contributed by atoms with Gasteiger partial charge in [0.25, 0.3) is 10.1 Å². The largest absolute Gasteiger partial charge is 1.00 e. The number of fused-ring (bicyclic) bond motifs is 1. The summed E-state index contributed by atoms with van der Waals surface area (Å²) in [6.45, 7) is 1.80. The van der Waals surface area contributed by atoms with Gasteiger partial charge in [-0.2, -0.15) is 18.6 Å². The van der Waals surface area contributed by atoms with E-state index in [4.69, 9.17) is 5.73 Å². The molecule has 0 atom stereocenters. The van der Waals surface area contributed by atoms with Crippen LogP contribution in [0, 0.1) is 6.92 Å². The van der Waals surface area contributed by atoms with Crippen LogP contribution in [-0.4, -0.2) is 25.9 Å². The Labute approximate surface area is 189 Å². The molecule has 0 unspecified atom stereocenters. The molecule has 0 amide bonds. The molecule has 29 heavy (non-hydrogen) atoms. The fourth-order valence-corrected chi connectivity index (χ4v) is 3.94. The normalized spacial score (nSPS) is 12.2. The van der Waals surface area contributed by atoms with Gasteiger partial charge >= 0.3 is 29.6 Å². The van der Waals surface area contributed by atoms with Gasteiger partial charge in [0.05, 0.1) is 21.2 Å². The molecule has 0 saturated carbocycles. The molecule has 12 heteroatoms. The van der Waals surface area contributed by atoms with Crippen LogP contribution in [0.3, 0.4) is 0 Å². The summed E-state index contributed by atoms with van der Waals surface area (Å²) in [7, 11) is -9.72. The number of azo groups is 1. The third-order valence-corrected chi connectivity index (χ3v) is 5.64. The standard InChI is InChI=1S/C17H15N3O6S2.Na/c1-10-6-12(18)3-5-16(10)20-19-13-4-2-11-7-14(27(21,22)23)9-17(15(11)8-13)28(24,25)26;/h2-9H,18H2,1H3,(H,21,22,23)(H,24,25,26);/q;+1/p-1. The van der Waals surface area contributed by atoms with Crippen molar-refractivity contribution in [2.24, 2.45) is 10.2 Å². The van der Waals surface area contributed by atoms with Crippen molar-refractivity contribution in [3.05, 3.63) is 54.1 Å². The van der Waals surface area contributed by atoms with Gasteiger partial charge in [0.15, 0.2) is 0 Å². The molecule has 9 nitrogen and oxygen atoms in total. The van der Waals surface area contributed by atoms with E-state index < -0.39 is 30.0 Å². The summed E-state index contributed by atoms with van der Waals surface area (Å²) in [6, 6.07) is 10.9. The van der Waals surface area contributed by atoms with Crippen molar-refractivity contribution in [3.63, 3.8) is 0 Å². The van der Waals surface area contributed by atoms with Crippen LogP contribution in [0.2, 0.25) is 0 Å². The number of benzene rings is 3. The van der Waals surface area contributed by atoms with Gasteiger partial charge < -0.3 is 10.3 Å². The Balaban J connectivity index is 0.00000300. The summed E-state index contributed by atoms with van der Waals surface area (Å²) in [6.07, 6.45) is 0. The minimum atomic E-state index is -5.02. The summed E-state index contributed by atoms with van der Waals surface area (Å²) in [5.41, 5.74) is 7.82. The molecule has 0 aliphatic carbocycles. The molecule has 146 valence electrons. The van der Waals surface area contributed by atoms with Gasteiger partial charge in [0, 0.05) is 11.1 Å². The molecule has 0 aliphatic rings. The van der Waals surface area contributed by atoms with E-state index in [9.17, 15) is 25.9 Å². The number of aryl methyl sites for hydroxylation is 1. The van der Waals surface area contributed by atoms with E-state index in [1.54, 1.807) is 25.1 Å². The van der Waals surface area contributed by atoms with E-state index in [1.165, 1.54) is 18.2 Å². The molecule has 0 bridgehead atoms. The molecule has 3 aromatic carbocycles. The summed E-state index contributed by atoms with van der Waals surface area (Å²) in [4.78, 5) is -1.47. The molecule has 0 radical (unpaired) electrons. The molecule has 0 aliphatic heterocycles. The predicted molar refractivity (Wildman–Crippen MR) is 101 cm³/mol. The quantitative estimate of drug-likeness (QED) is 0.253. The predicted octanol–water partition coefficient (Wildman–Crippen LogP) is 0.301. The van der Waals surface area contributed by atoms with Crippen LogP contribution in [0.5, 0.6) is 0 Å². The summed E-state index contributed by atoms with van der Waals surface area (Å²) in [5, 5.41) is 8.21. The zero-order valence-corrected chi connectivity index (χ0v) is 19.0. The van der Waals surface area contributed by atoms with Crippen molar-refractivity contribution in [2.75, 3.05) is 5.73 Å². The van der Waals surface area contributed by atoms with Crippen LogP contribution in [0.15, 0.2) is 68.6 Å². The van der Waals surface area contributed by atoms with E-state index in [2.05, 4.69) is 10.2 Å². The van der Waals surface area contributed by atoms with E-state index >= 15 is 0 Å². The second-order valence-electron chi connectivity index (χ2n) is 6.00. The maximum absolute atomic E-state index is 11.6. The third kappa shape index (κ3) is 5.39. The maximum atomic E-state index is 11.6. The van der Waals surface area contributed by atoms with Crippen LogP contribution in [0.25, 0.3) is 10.8 Å². The number of nitrogens with two attached hydrogens (primary N) is 1. The Morgan fingerprint density at radius 1 is 0.966 bits per heavy atom. The summed E-state index contributed by atoms with van der Waals surface area (Å²) < 4.78 is 66.7. The van der Waals surface area contributed by atoms with Gasteiger partial charge in [-0.3, -0.25) is 4.55 Å². The first-order valence-corrected chi connectivity index (χ1v) is 10.6. The monoisotopic (exact) mass is 443 g/mol. The van der Waals surface area contributed by atoms with Crippen LogP contribution < -0.4 is 35.3 Å². The molecule has 0 spiro atoms. The molecular formula is C17H14N3NaO6S2. The summed E-state index contributed by atoms with van der Waals surface area (Å²) in [5.74, 6) is 0. The van der Waals surface area contributed by atoms with Gasteiger partial charge in [-0.05, 0) is 60.3 Å². The number of hydrogen-bond acceptors (Lipinski definition) is 8. The second-order valence-corrected chi connectivity index (χ2v) is 8.77. The molecule has 3 rings (SSSR count). The topological polar surface area (TPSA) is 162 Å². The van der Waals surface area contributed by atoms with Gasteiger partial charge in [0.2, 0.25) is 0 Å².